The van der Waals surface area contributed by atoms with Crippen LogP contribution in [0.5, 0.6) is 11.5 Å². The van der Waals surface area contributed by atoms with E-state index in [4.69, 9.17) is 30.4 Å². The van der Waals surface area contributed by atoms with E-state index in [1.54, 1.807) is 0 Å². The molecule has 0 amide bonds. The molecule has 0 saturated heterocycles. The third kappa shape index (κ3) is 9.38. The van der Waals surface area contributed by atoms with Crippen LogP contribution in [0.25, 0.3) is 0 Å². The minimum atomic E-state index is -0.978. The fourth-order valence-corrected chi connectivity index (χ4v) is 6.91. The van der Waals surface area contributed by atoms with Gasteiger partial charge >= 0.3 is 11.9 Å². The highest BCUT2D eigenvalue weighted by Gasteiger charge is 2.35. The molecule has 4 N–H and O–H groups in total. The maximum atomic E-state index is 12.6. The minimum Gasteiger partial charge on any atom is -0.481 e. The molecule has 4 aromatic rings. The van der Waals surface area contributed by atoms with Crippen molar-refractivity contribution < 1.29 is 28.5 Å². The fourth-order valence-electron chi connectivity index (χ4n) is 4.62. The van der Waals surface area contributed by atoms with Gasteiger partial charge in [-0.2, -0.15) is 22.7 Å². The number of esters is 2. The summed E-state index contributed by atoms with van der Waals surface area (Å²) < 4.78 is 25.2. The van der Waals surface area contributed by atoms with Gasteiger partial charge in [-0.3, -0.25) is 21.1 Å². The second kappa shape index (κ2) is 15.5. The molecular weight excluding hydrogens is 732 g/mol. The minimum absolute atomic E-state index is 0.185. The number of benzene rings is 2. The zero-order chi connectivity index (χ0) is 31.7. The highest BCUT2D eigenvalue weighted by atomic mass is 79.9. The van der Waals surface area contributed by atoms with Gasteiger partial charge in [0.05, 0.1) is 21.8 Å². The fraction of sp³-hybridized carbons (Fsp3) is 0.312. The first-order valence-corrected chi connectivity index (χ1v) is 17.3. The standard InChI is InChI=1S/C32H34Br2N2O6S2/c1-31(21-13-15-43-19-21,41-25-9-5-3-7-23(25)33)17-27(35)39-29(37)11-12-30(38)40-28(36)18-32(2,22-14-16-44-20-22)42-26-10-6-4-8-24(26)34/h3-10,13-16,19-20,27-28H,11-12,17-18,35-36H2,1-2H3. The average Bonchev–Trinajstić information content (AvgIpc) is 3.70. The Hall–Kier alpha value is -2.74. The Morgan fingerprint density at radius 3 is 1.43 bits per heavy atom. The van der Waals surface area contributed by atoms with Gasteiger partial charge in [0, 0.05) is 24.0 Å². The van der Waals surface area contributed by atoms with Crippen LogP contribution in [0.15, 0.2) is 91.1 Å². The lowest BCUT2D eigenvalue weighted by Gasteiger charge is -2.33. The third-order valence-electron chi connectivity index (χ3n) is 6.89. The largest absolute Gasteiger partial charge is 0.481 e. The first-order valence-electron chi connectivity index (χ1n) is 13.8. The molecule has 4 rings (SSSR count). The summed E-state index contributed by atoms with van der Waals surface area (Å²) in [7, 11) is 0. The Labute approximate surface area is 281 Å². The maximum absolute atomic E-state index is 12.6. The summed E-state index contributed by atoms with van der Waals surface area (Å²) in [6.07, 6.45) is -2.01. The van der Waals surface area contributed by atoms with Gasteiger partial charge in [0.2, 0.25) is 0 Å². The van der Waals surface area contributed by atoms with E-state index in [-0.39, 0.29) is 25.7 Å². The van der Waals surface area contributed by atoms with Crippen molar-refractivity contribution in [3.8, 4) is 11.5 Å². The zero-order valence-electron chi connectivity index (χ0n) is 24.2. The molecule has 234 valence electrons. The number of para-hydroxylation sites is 2. The van der Waals surface area contributed by atoms with E-state index in [0.717, 1.165) is 20.1 Å². The van der Waals surface area contributed by atoms with Gasteiger partial charge in [-0.1, -0.05) is 24.3 Å². The number of ether oxygens (including phenoxy) is 4. The number of nitrogens with two attached hydrogens (primary N) is 2. The van der Waals surface area contributed by atoms with Gasteiger partial charge in [-0.05, 0) is 104 Å². The molecule has 0 aliphatic heterocycles. The van der Waals surface area contributed by atoms with Crippen molar-refractivity contribution in [3.63, 3.8) is 0 Å². The summed E-state index contributed by atoms with van der Waals surface area (Å²) in [6, 6.07) is 18.9. The predicted molar refractivity (Wildman–Crippen MR) is 179 cm³/mol. The second-order valence-electron chi connectivity index (χ2n) is 10.5. The van der Waals surface area contributed by atoms with E-state index < -0.39 is 35.6 Å². The lowest BCUT2D eigenvalue weighted by molar-refractivity contribution is -0.158. The van der Waals surface area contributed by atoms with Crippen LogP contribution in [-0.2, 0) is 30.3 Å². The quantitative estimate of drug-likeness (QED) is 0.0928. The number of halogens is 2. The van der Waals surface area contributed by atoms with Crippen LogP contribution in [0.1, 0.15) is 50.7 Å². The van der Waals surface area contributed by atoms with Crippen LogP contribution < -0.4 is 20.9 Å². The van der Waals surface area contributed by atoms with Crippen LogP contribution in [0, 0.1) is 0 Å². The number of hydrogen-bond acceptors (Lipinski definition) is 10. The Balaban J connectivity index is 1.30. The van der Waals surface area contributed by atoms with Crippen molar-refractivity contribution in [2.75, 3.05) is 0 Å². The summed E-state index contributed by atoms with van der Waals surface area (Å²) >= 11 is 10.1. The van der Waals surface area contributed by atoms with Gasteiger partial charge in [0.25, 0.3) is 0 Å². The molecule has 0 aliphatic rings. The van der Waals surface area contributed by atoms with Crippen LogP contribution in [0.2, 0.25) is 0 Å². The smallest absolute Gasteiger partial charge is 0.307 e. The Morgan fingerprint density at radius 2 is 1.09 bits per heavy atom. The number of rotatable bonds is 15. The summed E-state index contributed by atoms with van der Waals surface area (Å²) in [5.41, 5.74) is 12.6. The summed E-state index contributed by atoms with van der Waals surface area (Å²) in [6.45, 7) is 3.79. The monoisotopic (exact) mass is 764 g/mol. The van der Waals surface area contributed by atoms with E-state index in [0.29, 0.717) is 11.5 Å². The summed E-state index contributed by atoms with van der Waals surface area (Å²) in [5, 5.41) is 7.83. The lowest BCUT2D eigenvalue weighted by atomic mass is 9.93. The van der Waals surface area contributed by atoms with Gasteiger partial charge in [0.1, 0.15) is 22.7 Å². The van der Waals surface area contributed by atoms with Crippen molar-refractivity contribution >= 4 is 66.5 Å². The van der Waals surface area contributed by atoms with Crippen LogP contribution in [0.3, 0.4) is 0 Å². The van der Waals surface area contributed by atoms with Crippen LogP contribution in [0.4, 0.5) is 0 Å². The van der Waals surface area contributed by atoms with Crippen molar-refractivity contribution in [3.05, 3.63) is 102 Å². The number of hydrogen-bond donors (Lipinski definition) is 2. The number of thiophene rings is 2. The predicted octanol–water partition coefficient (Wildman–Crippen LogP) is 7.84. The normalized spacial score (nSPS) is 15.3. The molecular formula is C32H34Br2N2O6S2. The van der Waals surface area contributed by atoms with Crippen molar-refractivity contribution in [2.45, 2.75) is 63.2 Å². The maximum Gasteiger partial charge on any atom is 0.307 e. The summed E-state index contributed by atoms with van der Waals surface area (Å²) in [5.74, 6) is 0.0142. The van der Waals surface area contributed by atoms with Gasteiger partial charge in [-0.15, -0.1) is 0 Å². The molecule has 4 unspecified atom stereocenters. The highest BCUT2D eigenvalue weighted by molar-refractivity contribution is 9.10. The van der Waals surface area contributed by atoms with Crippen molar-refractivity contribution in [1.29, 1.82) is 0 Å². The van der Waals surface area contributed by atoms with Crippen molar-refractivity contribution in [2.24, 2.45) is 11.5 Å². The highest BCUT2D eigenvalue weighted by Crippen LogP contribution is 2.38. The molecule has 0 fully saturated rings. The zero-order valence-corrected chi connectivity index (χ0v) is 29.0. The third-order valence-corrected chi connectivity index (χ3v) is 9.56. The van der Waals surface area contributed by atoms with E-state index in [2.05, 4.69) is 31.9 Å². The Kier molecular flexibility index (Phi) is 12.0. The first kappa shape index (κ1) is 34.1. The molecule has 2 aromatic heterocycles. The molecule has 0 saturated carbocycles. The molecule has 8 nitrogen and oxygen atoms in total. The van der Waals surface area contributed by atoms with E-state index in [9.17, 15) is 9.59 Å². The lowest BCUT2D eigenvalue weighted by Crippen LogP contribution is -2.40. The Bertz CT molecular complexity index is 1410. The summed E-state index contributed by atoms with van der Waals surface area (Å²) in [4.78, 5) is 25.3. The van der Waals surface area contributed by atoms with Gasteiger partial charge in [0.15, 0.2) is 12.5 Å². The molecule has 0 aliphatic carbocycles. The van der Waals surface area contributed by atoms with Crippen LogP contribution >= 0.6 is 54.5 Å². The average molecular weight is 767 g/mol. The first-order chi connectivity index (χ1) is 21.0. The molecule has 0 bridgehead atoms. The molecule has 44 heavy (non-hydrogen) atoms. The van der Waals surface area contributed by atoms with Gasteiger partial charge in [-0.25, -0.2) is 0 Å². The topological polar surface area (TPSA) is 123 Å². The molecule has 0 radical (unpaired) electrons. The van der Waals surface area contributed by atoms with Crippen LogP contribution in [-0.4, -0.2) is 24.4 Å². The van der Waals surface area contributed by atoms with E-state index in [1.165, 1.54) is 22.7 Å². The number of carbonyl (C=O) groups is 2. The SMILES string of the molecule is CC(CC(N)OC(=O)CCC(=O)OC(N)CC(C)(Oc1ccccc1Br)c1ccsc1)(Oc1ccccc1Br)c1ccsc1. The molecule has 2 heterocycles. The number of carbonyl (C=O) groups excluding carboxylic acids is 2. The second-order valence-corrected chi connectivity index (χ2v) is 13.8. The van der Waals surface area contributed by atoms with Gasteiger partial charge < -0.3 is 18.9 Å². The molecule has 12 heteroatoms. The van der Waals surface area contributed by atoms with E-state index >= 15 is 0 Å². The Morgan fingerprint density at radius 1 is 0.705 bits per heavy atom. The van der Waals surface area contributed by atoms with E-state index in [1.807, 2.05) is 96.0 Å². The van der Waals surface area contributed by atoms with Crippen molar-refractivity contribution in [1.82, 2.24) is 0 Å². The molecule has 2 aromatic carbocycles. The molecule has 4 atom stereocenters. The molecule has 0 spiro atoms.